The Hall–Kier alpha value is -2.62. The average Bonchev–Trinajstić information content (AvgIpc) is 2.94. The van der Waals surface area contributed by atoms with E-state index in [1.165, 1.54) is 11.1 Å². The molecule has 0 fully saturated rings. The van der Waals surface area contributed by atoms with Crippen molar-refractivity contribution in [2.24, 2.45) is 4.99 Å². The molecule has 2 aromatic carbocycles. The zero-order chi connectivity index (χ0) is 20.1. The second-order valence-electron chi connectivity index (χ2n) is 8.38. The van der Waals surface area contributed by atoms with Crippen LogP contribution in [-0.2, 0) is 11.2 Å². The van der Waals surface area contributed by atoms with Gasteiger partial charge in [-0.3, -0.25) is 4.79 Å². The van der Waals surface area contributed by atoms with Gasteiger partial charge >= 0.3 is 0 Å². The van der Waals surface area contributed by atoms with Crippen LogP contribution in [0.25, 0.3) is 0 Å². The van der Waals surface area contributed by atoms with Crippen LogP contribution in [0.2, 0.25) is 0 Å². The van der Waals surface area contributed by atoms with Crippen LogP contribution in [0.5, 0.6) is 5.75 Å². The molecule has 0 bridgehead atoms. The van der Waals surface area contributed by atoms with Gasteiger partial charge in [-0.25, -0.2) is 4.99 Å². The molecule has 4 nitrogen and oxygen atoms in total. The third-order valence-electron chi connectivity index (χ3n) is 5.82. The number of amides is 1. The fourth-order valence-electron chi connectivity index (χ4n) is 4.60. The average molecular weight is 377 g/mol. The van der Waals surface area contributed by atoms with Crippen molar-refractivity contribution in [1.82, 2.24) is 0 Å². The Bertz CT molecular complexity index is 957. The predicted octanol–water partition coefficient (Wildman–Crippen LogP) is 5.40. The highest BCUT2D eigenvalue weighted by molar-refractivity contribution is 6.55. The van der Waals surface area contributed by atoms with E-state index >= 15 is 0 Å². The first-order chi connectivity index (χ1) is 13.4. The predicted molar refractivity (Wildman–Crippen MR) is 114 cm³/mol. The smallest absolute Gasteiger partial charge is 0.278 e. The summed E-state index contributed by atoms with van der Waals surface area (Å²) in [6, 6.07) is 12.0. The number of carbonyl (C=O) groups excluding carboxylic acids is 1. The monoisotopic (exact) mass is 376 g/mol. The molecular weight excluding hydrogens is 348 g/mol. The second-order valence-corrected chi connectivity index (χ2v) is 8.38. The molecule has 1 atom stereocenters. The summed E-state index contributed by atoms with van der Waals surface area (Å²) in [5.74, 6) is 1.24. The van der Waals surface area contributed by atoms with Gasteiger partial charge in [0.1, 0.15) is 11.5 Å². The van der Waals surface area contributed by atoms with Crippen LogP contribution in [0.15, 0.2) is 41.4 Å². The Morgan fingerprint density at radius 1 is 1.18 bits per heavy atom. The molecule has 1 amide bonds. The van der Waals surface area contributed by atoms with Crippen molar-refractivity contribution in [3.63, 3.8) is 0 Å². The van der Waals surface area contributed by atoms with E-state index in [0.717, 1.165) is 35.5 Å². The topological polar surface area (TPSA) is 41.9 Å². The molecule has 2 aliphatic rings. The van der Waals surface area contributed by atoms with Crippen molar-refractivity contribution < 1.29 is 9.53 Å². The standard InChI is InChI=1S/C24H28N2O2/c1-6-16-12-19-15(3)14-24(4,5)26-22(19)20(13-16)21(23(26)27)25-17-8-10-18(11-9-17)28-7-2/h8-13,15H,6-7,14H2,1-5H3/t15-/m1/s1. The second kappa shape index (κ2) is 6.77. The van der Waals surface area contributed by atoms with Crippen molar-refractivity contribution in [1.29, 1.82) is 0 Å². The van der Waals surface area contributed by atoms with Gasteiger partial charge in [0.05, 0.1) is 18.0 Å². The molecule has 0 saturated heterocycles. The number of anilines is 1. The first-order valence-electron chi connectivity index (χ1n) is 10.2. The third kappa shape index (κ3) is 2.92. The number of ether oxygens (including phenoxy) is 1. The fourth-order valence-corrected chi connectivity index (χ4v) is 4.60. The summed E-state index contributed by atoms with van der Waals surface area (Å²) < 4.78 is 5.51. The van der Waals surface area contributed by atoms with Crippen molar-refractivity contribution >= 4 is 23.0 Å². The molecule has 0 aliphatic carbocycles. The molecule has 0 spiro atoms. The van der Waals surface area contributed by atoms with Gasteiger partial charge in [-0.15, -0.1) is 0 Å². The van der Waals surface area contributed by atoms with Gasteiger partial charge in [0.25, 0.3) is 5.91 Å². The van der Waals surface area contributed by atoms with Crippen molar-refractivity contribution in [2.75, 3.05) is 11.5 Å². The molecule has 28 heavy (non-hydrogen) atoms. The van der Waals surface area contributed by atoms with Gasteiger partial charge in [0, 0.05) is 11.1 Å². The first kappa shape index (κ1) is 18.7. The Morgan fingerprint density at radius 3 is 2.54 bits per heavy atom. The summed E-state index contributed by atoms with van der Waals surface area (Å²) in [4.78, 5) is 20.2. The van der Waals surface area contributed by atoms with Crippen LogP contribution in [0.3, 0.4) is 0 Å². The molecule has 0 aromatic heterocycles. The quantitative estimate of drug-likeness (QED) is 0.717. The third-order valence-corrected chi connectivity index (χ3v) is 5.82. The molecule has 2 heterocycles. The largest absolute Gasteiger partial charge is 0.494 e. The molecule has 4 heteroatoms. The van der Waals surface area contributed by atoms with Crippen molar-refractivity contribution in [3.05, 3.63) is 53.1 Å². The normalized spacial score (nSPS) is 21.2. The number of rotatable bonds is 4. The van der Waals surface area contributed by atoms with Gasteiger partial charge in [0.15, 0.2) is 0 Å². The highest BCUT2D eigenvalue weighted by Crippen LogP contribution is 2.49. The molecule has 4 rings (SSSR count). The lowest BCUT2D eigenvalue weighted by Crippen LogP contribution is -2.50. The van der Waals surface area contributed by atoms with Crippen LogP contribution in [0.1, 0.15) is 63.6 Å². The van der Waals surface area contributed by atoms with E-state index in [0.29, 0.717) is 18.2 Å². The van der Waals surface area contributed by atoms with Crippen LogP contribution in [0, 0.1) is 0 Å². The molecule has 2 aromatic rings. The first-order valence-corrected chi connectivity index (χ1v) is 10.2. The number of hydrogen-bond donors (Lipinski definition) is 0. The van der Waals surface area contributed by atoms with E-state index < -0.39 is 0 Å². The molecule has 2 aliphatic heterocycles. The molecule has 0 unspecified atom stereocenters. The van der Waals surface area contributed by atoms with E-state index in [9.17, 15) is 4.79 Å². The molecule has 0 saturated carbocycles. The van der Waals surface area contributed by atoms with E-state index in [2.05, 4.69) is 39.8 Å². The summed E-state index contributed by atoms with van der Waals surface area (Å²) in [5, 5.41) is 0. The fraction of sp³-hybridized carbons (Fsp3) is 0.417. The van der Waals surface area contributed by atoms with Gasteiger partial charge in [-0.1, -0.05) is 19.9 Å². The maximum absolute atomic E-state index is 13.4. The van der Waals surface area contributed by atoms with Crippen LogP contribution < -0.4 is 9.64 Å². The molecule has 0 radical (unpaired) electrons. The van der Waals surface area contributed by atoms with E-state index in [1.54, 1.807) is 0 Å². The minimum atomic E-state index is -0.220. The van der Waals surface area contributed by atoms with E-state index in [-0.39, 0.29) is 11.4 Å². The lowest BCUT2D eigenvalue weighted by atomic mass is 9.79. The van der Waals surface area contributed by atoms with Gasteiger partial charge in [0.2, 0.25) is 0 Å². The number of carbonyl (C=O) groups is 1. The van der Waals surface area contributed by atoms with Crippen molar-refractivity contribution in [3.8, 4) is 5.75 Å². The number of aryl methyl sites for hydroxylation is 1. The lowest BCUT2D eigenvalue weighted by Gasteiger charge is -2.43. The Morgan fingerprint density at radius 2 is 1.89 bits per heavy atom. The van der Waals surface area contributed by atoms with Crippen LogP contribution in [-0.4, -0.2) is 23.8 Å². The number of aliphatic imine (C=N–C) groups is 1. The molecular formula is C24H28N2O2. The van der Waals surface area contributed by atoms with E-state index in [4.69, 9.17) is 9.73 Å². The van der Waals surface area contributed by atoms with E-state index in [1.807, 2.05) is 36.1 Å². The minimum absolute atomic E-state index is 0.00953. The Balaban J connectivity index is 1.86. The van der Waals surface area contributed by atoms with Gasteiger partial charge in [-0.2, -0.15) is 0 Å². The minimum Gasteiger partial charge on any atom is -0.494 e. The maximum Gasteiger partial charge on any atom is 0.278 e. The summed E-state index contributed by atoms with van der Waals surface area (Å²) in [6.45, 7) is 11.3. The highest BCUT2D eigenvalue weighted by atomic mass is 16.5. The number of hydrogen-bond acceptors (Lipinski definition) is 3. The summed E-state index contributed by atoms with van der Waals surface area (Å²) in [6.07, 6.45) is 1.90. The van der Waals surface area contributed by atoms with Crippen LogP contribution >= 0.6 is 0 Å². The molecule has 146 valence electrons. The van der Waals surface area contributed by atoms with Gasteiger partial charge in [-0.05, 0) is 81.0 Å². The summed E-state index contributed by atoms with van der Waals surface area (Å²) in [7, 11) is 0. The number of benzene rings is 2. The summed E-state index contributed by atoms with van der Waals surface area (Å²) >= 11 is 0. The Kier molecular flexibility index (Phi) is 4.53. The van der Waals surface area contributed by atoms with Gasteiger partial charge < -0.3 is 9.64 Å². The van der Waals surface area contributed by atoms with Crippen molar-refractivity contribution in [2.45, 2.75) is 58.9 Å². The highest BCUT2D eigenvalue weighted by Gasteiger charge is 2.48. The SMILES string of the molecule is CCOc1ccc(N=C2C(=O)N3c4c2cc(CC)cc4[C@H](C)CC3(C)C)cc1. The zero-order valence-corrected chi connectivity index (χ0v) is 17.4. The number of nitrogens with zero attached hydrogens (tertiary/aromatic N) is 2. The van der Waals surface area contributed by atoms with Crippen LogP contribution in [0.4, 0.5) is 11.4 Å². The summed E-state index contributed by atoms with van der Waals surface area (Å²) in [5.41, 5.74) is 5.69. The zero-order valence-electron chi connectivity index (χ0n) is 17.4. The molecule has 0 N–H and O–H groups in total. The Labute approximate surface area is 167 Å². The maximum atomic E-state index is 13.4. The lowest BCUT2D eigenvalue weighted by molar-refractivity contribution is -0.113.